The summed E-state index contributed by atoms with van der Waals surface area (Å²) in [5.41, 5.74) is 3.05. The Kier molecular flexibility index (Phi) is 5.97. The number of anilines is 2. The number of nitrogens with one attached hydrogen (secondary N) is 3. The van der Waals surface area contributed by atoms with Crippen LogP contribution in [0.2, 0.25) is 0 Å². The molecule has 140 valence electrons. The van der Waals surface area contributed by atoms with E-state index >= 15 is 0 Å². The molecule has 1 heterocycles. The van der Waals surface area contributed by atoms with Crippen LogP contribution in [0.4, 0.5) is 11.4 Å². The van der Waals surface area contributed by atoms with Gasteiger partial charge in [0.2, 0.25) is 11.8 Å². The Morgan fingerprint density at radius 2 is 1.81 bits per heavy atom. The number of hydrogen-bond acceptors (Lipinski definition) is 5. The third kappa shape index (κ3) is 5.24. The van der Waals surface area contributed by atoms with Gasteiger partial charge in [0.15, 0.2) is 5.16 Å². The molecule has 0 saturated heterocycles. The first-order valence-corrected chi connectivity index (χ1v) is 9.45. The number of ether oxygens (including phenoxy) is 1. The first kappa shape index (κ1) is 18.8. The van der Waals surface area contributed by atoms with Gasteiger partial charge in [0.1, 0.15) is 5.75 Å². The number of amides is 2. The van der Waals surface area contributed by atoms with Gasteiger partial charge in [-0.05, 0) is 43.3 Å². The number of carbonyl (C=O) groups is 2. The minimum Gasteiger partial charge on any atom is -0.494 e. The van der Waals surface area contributed by atoms with Crippen molar-refractivity contribution in [2.24, 2.45) is 0 Å². The summed E-state index contributed by atoms with van der Waals surface area (Å²) in [7, 11) is 0. The van der Waals surface area contributed by atoms with Crippen LogP contribution in [0.15, 0.2) is 47.6 Å². The van der Waals surface area contributed by atoms with Crippen LogP contribution in [-0.4, -0.2) is 34.1 Å². The molecule has 0 saturated carbocycles. The summed E-state index contributed by atoms with van der Waals surface area (Å²) in [6.45, 7) is 3.99. The second-order valence-electron chi connectivity index (χ2n) is 5.75. The number of H-pyrrole nitrogens is 1. The van der Waals surface area contributed by atoms with Crippen LogP contribution in [-0.2, 0) is 9.59 Å². The highest BCUT2D eigenvalue weighted by Crippen LogP contribution is 2.23. The normalized spacial score (nSPS) is 10.6. The summed E-state index contributed by atoms with van der Waals surface area (Å²) < 4.78 is 5.48. The van der Waals surface area contributed by atoms with E-state index in [1.165, 1.54) is 18.7 Å². The zero-order valence-corrected chi connectivity index (χ0v) is 15.9. The molecule has 0 bridgehead atoms. The number of rotatable bonds is 7. The molecule has 0 spiro atoms. The molecule has 2 aromatic carbocycles. The summed E-state index contributed by atoms with van der Waals surface area (Å²) in [5, 5.41) is 6.17. The predicted molar refractivity (Wildman–Crippen MR) is 107 cm³/mol. The van der Waals surface area contributed by atoms with Crippen LogP contribution in [0.3, 0.4) is 0 Å². The molecule has 0 unspecified atom stereocenters. The highest BCUT2D eigenvalue weighted by molar-refractivity contribution is 7.99. The van der Waals surface area contributed by atoms with Gasteiger partial charge in [0.05, 0.1) is 23.4 Å². The summed E-state index contributed by atoms with van der Waals surface area (Å²) in [4.78, 5) is 30.8. The predicted octanol–water partition coefficient (Wildman–Crippen LogP) is 3.65. The lowest BCUT2D eigenvalue weighted by atomic mass is 10.3. The van der Waals surface area contributed by atoms with Gasteiger partial charge in [-0.2, -0.15) is 0 Å². The number of nitrogens with zero attached hydrogens (tertiary/aromatic N) is 1. The Bertz CT molecular complexity index is 953. The highest BCUT2D eigenvalue weighted by Gasteiger charge is 2.08. The van der Waals surface area contributed by atoms with Crippen molar-refractivity contribution >= 4 is 46.0 Å². The van der Waals surface area contributed by atoms with Crippen LogP contribution in [0.1, 0.15) is 13.8 Å². The van der Waals surface area contributed by atoms with Gasteiger partial charge < -0.3 is 20.4 Å². The largest absolute Gasteiger partial charge is 0.494 e. The summed E-state index contributed by atoms with van der Waals surface area (Å²) in [6, 6.07) is 12.6. The van der Waals surface area contributed by atoms with E-state index in [-0.39, 0.29) is 17.6 Å². The van der Waals surface area contributed by atoms with Gasteiger partial charge in [-0.3, -0.25) is 9.59 Å². The molecule has 27 heavy (non-hydrogen) atoms. The van der Waals surface area contributed by atoms with Crippen LogP contribution in [0.25, 0.3) is 11.0 Å². The topological polar surface area (TPSA) is 96.1 Å². The molecule has 1 aromatic heterocycles. The van der Waals surface area contributed by atoms with E-state index in [0.29, 0.717) is 23.1 Å². The van der Waals surface area contributed by atoms with Crippen molar-refractivity contribution in [1.29, 1.82) is 0 Å². The average Bonchev–Trinajstić information content (AvgIpc) is 3.04. The van der Waals surface area contributed by atoms with Gasteiger partial charge in [0.25, 0.3) is 0 Å². The maximum Gasteiger partial charge on any atom is 0.234 e. The molecule has 2 amide bonds. The minimum absolute atomic E-state index is 0.136. The summed E-state index contributed by atoms with van der Waals surface area (Å²) in [6.07, 6.45) is 0. The summed E-state index contributed by atoms with van der Waals surface area (Å²) >= 11 is 1.33. The van der Waals surface area contributed by atoms with Gasteiger partial charge in [-0.25, -0.2) is 4.98 Å². The fourth-order valence-corrected chi connectivity index (χ4v) is 3.15. The Morgan fingerprint density at radius 3 is 2.48 bits per heavy atom. The SMILES string of the molecule is CCOc1ccc2nc(SCC(=O)Nc3ccc(NC(C)=O)cc3)[nH]c2c1. The maximum absolute atomic E-state index is 12.1. The fraction of sp³-hybridized carbons (Fsp3) is 0.211. The lowest BCUT2D eigenvalue weighted by molar-refractivity contribution is -0.114. The van der Waals surface area contributed by atoms with E-state index in [1.807, 2.05) is 25.1 Å². The first-order valence-electron chi connectivity index (χ1n) is 8.46. The molecule has 3 aromatic rings. The zero-order valence-electron chi connectivity index (χ0n) is 15.0. The van der Waals surface area contributed by atoms with E-state index in [4.69, 9.17) is 4.74 Å². The summed E-state index contributed by atoms with van der Waals surface area (Å²) in [5.74, 6) is 0.738. The van der Waals surface area contributed by atoms with Gasteiger partial charge in [0, 0.05) is 24.4 Å². The number of imidazole rings is 1. The van der Waals surface area contributed by atoms with Crippen molar-refractivity contribution in [2.45, 2.75) is 19.0 Å². The molecule has 0 aliphatic heterocycles. The van der Waals surface area contributed by atoms with Gasteiger partial charge in [-0.1, -0.05) is 11.8 Å². The second-order valence-corrected chi connectivity index (χ2v) is 6.71. The Balaban J connectivity index is 1.55. The van der Waals surface area contributed by atoms with E-state index < -0.39 is 0 Å². The van der Waals surface area contributed by atoms with Crippen LogP contribution in [0.5, 0.6) is 5.75 Å². The average molecular weight is 384 g/mol. The second kappa shape index (κ2) is 8.59. The zero-order chi connectivity index (χ0) is 19.2. The monoisotopic (exact) mass is 384 g/mol. The van der Waals surface area contributed by atoms with E-state index in [1.54, 1.807) is 24.3 Å². The van der Waals surface area contributed by atoms with E-state index in [0.717, 1.165) is 16.8 Å². The number of thioether (sulfide) groups is 1. The molecule has 0 aliphatic carbocycles. The standard InChI is InChI=1S/C19H20N4O3S/c1-3-26-15-8-9-16-17(10-15)23-19(22-16)27-11-18(25)21-14-6-4-13(5-7-14)20-12(2)24/h4-10H,3,11H2,1-2H3,(H,20,24)(H,21,25)(H,22,23). The molecule has 0 aliphatic rings. The Morgan fingerprint density at radius 1 is 1.11 bits per heavy atom. The Hall–Kier alpha value is -3.00. The molecule has 0 atom stereocenters. The lowest BCUT2D eigenvalue weighted by Gasteiger charge is -2.06. The van der Waals surface area contributed by atoms with E-state index in [9.17, 15) is 9.59 Å². The maximum atomic E-state index is 12.1. The van der Waals surface area contributed by atoms with Crippen molar-refractivity contribution in [3.8, 4) is 5.75 Å². The first-order chi connectivity index (χ1) is 13.0. The van der Waals surface area contributed by atoms with Crippen LogP contribution < -0.4 is 15.4 Å². The fourth-order valence-electron chi connectivity index (χ4n) is 2.46. The van der Waals surface area contributed by atoms with E-state index in [2.05, 4.69) is 20.6 Å². The third-order valence-electron chi connectivity index (χ3n) is 3.57. The number of carbonyl (C=O) groups excluding carboxylic acids is 2. The molecular weight excluding hydrogens is 364 g/mol. The quantitative estimate of drug-likeness (QED) is 0.540. The van der Waals surface area contributed by atoms with Crippen molar-refractivity contribution in [1.82, 2.24) is 9.97 Å². The molecule has 0 radical (unpaired) electrons. The number of benzene rings is 2. The smallest absolute Gasteiger partial charge is 0.234 e. The number of aromatic amines is 1. The van der Waals surface area contributed by atoms with Crippen molar-refractivity contribution in [2.75, 3.05) is 23.0 Å². The van der Waals surface area contributed by atoms with Crippen LogP contribution in [0, 0.1) is 0 Å². The molecule has 3 N–H and O–H groups in total. The number of aromatic nitrogens is 2. The molecule has 3 rings (SSSR count). The minimum atomic E-state index is -0.137. The molecule has 8 heteroatoms. The van der Waals surface area contributed by atoms with Crippen molar-refractivity contribution in [3.05, 3.63) is 42.5 Å². The van der Waals surface area contributed by atoms with Gasteiger partial charge >= 0.3 is 0 Å². The van der Waals surface area contributed by atoms with Crippen molar-refractivity contribution < 1.29 is 14.3 Å². The Labute approximate surface area is 160 Å². The van der Waals surface area contributed by atoms with Crippen LogP contribution >= 0.6 is 11.8 Å². The third-order valence-corrected chi connectivity index (χ3v) is 4.44. The van der Waals surface area contributed by atoms with Crippen molar-refractivity contribution in [3.63, 3.8) is 0 Å². The molecule has 7 nitrogen and oxygen atoms in total. The number of fused-ring (bicyclic) bond motifs is 1. The highest BCUT2D eigenvalue weighted by atomic mass is 32.2. The molecular formula is C19H20N4O3S. The van der Waals surface area contributed by atoms with Gasteiger partial charge in [-0.15, -0.1) is 0 Å². The lowest BCUT2D eigenvalue weighted by Crippen LogP contribution is -2.14. The molecule has 0 fully saturated rings. The number of hydrogen-bond donors (Lipinski definition) is 3.